The SMILES string of the molecule is CC1CCCCC1CN1C2CC1CN(C1CNNC(=O)C1Br)C2. The van der Waals surface area contributed by atoms with E-state index in [0.29, 0.717) is 12.1 Å². The van der Waals surface area contributed by atoms with E-state index in [-0.39, 0.29) is 16.8 Å². The first kappa shape index (κ1) is 16.3. The molecule has 0 spiro atoms. The fourth-order valence-corrected chi connectivity index (χ4v) is 5.76. The molecule has 5 aliphatic rings. The van der Waals surface area contributed by atoms with Crippen LogP contribution >= 0.6 is 15.9 Å². The Kier molecular flexibility index (Phi) is 4.69. The molecule has 4 heterocycles. The maximum absolute atomic E-state index is 11.8. The van der Waals surface area contributed by atoms with Crippen LogP contribution in [-0.4, -0.2) is 64.8 Å². The first-order valence-electron chi connectivity index (χ1n) is 9.30. The molecule has 6 heteroatoms. The third-order valence-electron chi connectivity index (χ3n) is 6.69. The van der Waals surface area contributed by atoms with Gasteiger partial charge in [-0.15, -0.1) is 0 Å². The van der Waals surface area contributed by atoms with Gasteiger partial charge >= 0.3 is 0 Å². The lowest BCUT2D eigenvalue weighted by Crippen LogP contribution is -2.73. The summed E-state index contributed by atoms with van der Waals surface area (Å²) in [4.78, 5) is 17.1. The molecule has 130 valence electrons. The Morgan fingerprint density at radius 1 is 1.22 bits per heavy atom. The highest BCUT2D eigenvalue weighted by Gasteiger charge is 2.48. The Balaban J connectivity index is 1.34. The van der Waals surface area contributed by atoms with Crippen molar-refractivity contribution in [3.8, 4) is 0 Å². The number of hydrogen-bond acceptors (Lipinski definition) is 4. The fraction of sp³-hybridized carbons (Fsp3) is 0.941. The van der Waals surface area contributed by atoms with Gasteiger partial charge in [0.25, 0.3) is 0 Å². The Morgan fingerprint density at radius 2 is 1.96 bits per heavy atom. The molecule has 0 radical (unpaired) electrons. The number of alkyl halides is 1. The first-order valence-corrected chi connectivity index (χ1v) is 10.2. The summed E-state index contributed by atoms with van der Waals surface area (Å²) in [7, 11) is 0. The van der Waals surface area contributed by atoms with Crippen LogP contribution in [0, 0.1) is 11.8 Å². The molecule has 4 saturated heterocycles. The van der Waals surface area contributed by atoms with Crippen molar-refractivity contribution in [2.45, 2.75) is 62.0 Å². The van der Waals surface area contributed by atoms with Gasteiger partial charge in [0.2, 0.25) is 5.91 Å². The van der Waals surface area contributed by atoms with Crippen LogP contribution < -0.4 is 10.9 Å². The Hall–Kier alpha value is -0.170. The van der Waals surface area contributed by atoms with Gasteiger partial charge in [-0.25, -0.2) is 5.43 Å². The van der Waals surface area contributed by atoms with Crippen molar-refractivity contribution in [1.29, 1.82) is 0 Å². The summed E-state index contributed by atoms with van der Waals surface area (Å²) in [6.45, 7) is 6.85. The molecule has 4 aliphatic heterocycles. The van der Waals surface area contributed by atoms with Crippen LogP contribution in [0.5, 0.6) is 0 Å². The predicted octanol–water partition coefficient (Wildman–Crippen LogP) is 1.34. The summed E-state index contributed by atoms with van der Waals surface area (Å²) >= 11 is 3.59. The highest BCUT2D eigenvalue weighted by molar-refractivity contribution is 9.10. The van der Waals surface area contributed by atoms with Crippen molar-refractivity contribution in [1.82, 2.24) is 20.7 Å². The normalized spacial score (nSPS) is 45.4. The summed E-state index contributed by atoms with van der Waals surface area (Å²) in [5.74, 6) is 1.87. The predicted molar refractivity (Wildman–Crippen MR) is 94.2 cm³/mol. The van der Waals surface area contributed by atoms with Crippen LogP contribution in [0.1, 0.15) is 39.0 Å². The molecule has 2 bridgehead atoms. The number of nitrogens with one attached hydrogen (secondary N) is 2. The van der Waals surface area contributed by atoms with E-state index in [1.54, 1.807) is 0 Å². The summed E-state index contributed by atoms with van der Waals surface area (Å²) in [5, 5.41) is 0. The van der Waals surface area contributed by atoms with Crippen molar-refractivity contribution in [3.63, 3.8) is 0 Å². The van der Waals surface area contributed by atoms with E-state index in [1.165, 1.54) is 38.6 Å². The van der Waals surface area contributed by atoms with E-state index >= 15 is 0 Å². The number of amides is 1. The first-order chi connectivity index (χ1) is 11.1. The molecular formula is C17H29BrN4O. The Bertz CT molecular complexity index is 450. The van der Waals surface area contributed by atoms with Crippen molar-refractivity contribution >= 4 is 21.8 Å². The molecule has 2 N–H and O–H groups in total. The van der Waals surface area contributed by atoms with Gasteiger partial charge in [0.05, 0.1) is 0 Å². The van der Waals surface area contributed by atoms with Crippen LogP contribution in [0.4, 0.5) is 0 Å². The minimum atomic E-state index is -0.0898. The lowest BCUT2D eigenvalue weighted by Gasteiger charge is -2.59. The highest BCUT2D eigenvalue weighted by Crippen LogP contribution is 2.38. The van der Waals surface area contributed by atoms with E-state index in [9.17, 15) is 4.79 Å². The molecule has 1 saturated carbocycles. The van der Waals surface area contributed by atoms with Gasteiger partial charge in [0, 0.05) is 44.3 Å². The molecule has 6 atom stereocenters. The van der Waals surface area contributed by atoms with Crippen LogP contribution in [-0.2, 0) is 4.79 Å². The number of hydrogen-bond donors (Lipinski definition) is 2. The van der Waals surface area contributed by atoms with Gasteiger partial charge in [0.15, 0.2) is 0 Å². The van der Waals surface area contributed by atoms with Crippen LogP contribution in [0.25, 0.3) is 0 Å². The topological polar surface area (TPSA) is 47.6 Å². The Labute approximate surface area is 147 Å². The fourth-order valence-electron chi connectivity index (χ4n) is 5.13. The number of halogens is 1. The number of piperidine rings is 1. The molecule has 1 aliphatic carbocycles. The molecule has 5 fully saturated rings. The second kappa shape index (κ2) is 6.62. The van der Waals surface area contributed by atoms with Gasteiger partial charge in [-0.2, -0.15) is 0 Å². The maximum Gasteiger partial charge on any atom is 0.249 e. The van der Waals surface area contributed by atoms with Gasteiger partial charge < -0.3 is 0 Å². The summed E-state index contributed by atoms with van der Waals surface area (Å²) in [6, 6.07) is 1.71. The number of carbonyl (C=O) groups is 1. The van der Waals surface area contributed by atoms with E-state index in [4.69, 9.17) is 0 Å². The third kappa shape index (κ3) is 3.08. The van der Waals surface area contributed by atoms with Gasteiger partial charge in [-0.05, 0) is 24.7 Å². The highest BCUT2D eigenvalue weighted by atomic mass is 79.9. The number of hydrazine groups is 1. The molecule has 23 heavy (non-hydrogen) atoms. The third-order valence-corrected chi connectivity index (χ3v) is 7.71. The maximum atomic E-state index is 11.8. The molecule has 0 aromatic carbocycles. The van der Waals surface area contributed by atoms with Crippen LogP contribution in [0.3, 0.4) is 0 Å². The standard InChI is InChI=1S/C17H29BrN4O/c1-11-4-2-3-5-12(11)8-22-13-6-14(22)10-21(9-13)15-7-19-20-17(23)16(15)18/h11-16,19H,2-10H2,1H3,(H,20,23). The zero-order valence-electron chi connectivity index (χ0n) is 14.0. The van der Waals surface area contributed by atoms with Gasteiger partial charge in [0.1, 0.15) is 4.83 Å². The zero-order chi connectivity index (χ0) is 16.0. The summed E-state index contributed by atoms with van der Waals surface area (Å²) in [5.41, 5.74) is 5.76. The minimum Gasteiger partial charge on any atom is -0.294 e. The molecule has 1 amide bonds. The largest absolute Gasteiger partial charge is 0.294 e. The lowest BCUT2D eigenvalue weighted by atomic mass is 9.77. The molecule has 0 aromatic rings. The van der Waals surface area contributed by atoms with Crippen molar-refractivity contribution in [3.05, 3.63) is 0 Å². The minimum absolute atomic E-state index is 0.0633. The van der Waals surface area contributed by atoms with Crippen molar-refractivity contribution in [2.24, 2.45) is 11.8 Å². The molecular weight excluding hydrogens is 356 g/mol. The number of rotatable bonds is 3. The van der Waals surface area contributed by atoms with E-state index < -0.39 is 0 Å². The lowest BCUT2D eigenvalue weighted by molar-refractivity contribution is -0.128. The molecule has 6 unspecified atom stereocenters. The zero-order valence-corrected chi connectivity index (χ0v) is 15.6. The van der Waals surface area contributed by atoms with E-state index in [1.807, 2.05) is 0 Å². The van der Waals surface area contributed by atoms with Crippen molar-refractivity contribution < 1.29 is 4.79 Å². The number of nitrogens with zero attached hydrogens (tertiary/aromatic N) is 2. The Morgan fingerprint density at radius 3 is 2.70 bits per heavy atom. The second-order valence-electron chi connectivity index (χ2n) is 8.06. The molecule has 5 nitrogen and oxygen atoms in total. The van der Waals surface area contributed by atoms with E-state index in [0.717, 1.165) is 31.5 Å². The number of fused-ring (bicyclic) bond motifs is 2. The summed E-state index contributed by atoms with van der Waals surface area (Å²) in [6.07, 6.45) is 7.07. The van der Waals surface area contributed by atoms with Crippen LogP contribution in [0.15, 0.2) is 0 Å². The average Bonchev–Trinajstić information content (AvgIpc) is 2.56. The van der Waals surface area contributed by atoms with Gasteiger partial charge in [-0.3, -0.25) is 20.0 Å². The van der Waals surface area contributed by atoms with E-state index in [2.05, 4.69) is 43.5 Å². The number of carbonyl (C=O) groups excluding carboxylic acids is 1. The van der Waals surface area contributed by atoms with Crippen molar-refractivity contribution in [2.75, 3.05) is 26.2 Å². The molecule has 0 aromatic heterocycles. The summed E-state index contributed by atoms with van der Waals surface area (Å²) < 4.78 is 0. The molecule has 5 rings (SSSR count). The second-order valence-corrected chi connectivity index (χ2v) is 9.04. The quantitative estimate of drug-likeness (QED) is 0.720. The van der Waals surface area contributed by atoms with Crippen LogP contribution in [0.2, 0.25) is 0 Å². The monoisotopic (exact) mass is 384 g/mol. The smallest absolute Gasteiger partial charge is 0.249 e. The number of piperazine rings is 1. The van der Waals surface area contributed by atoms with Gasteiger partial charge in [-0.1, -0.05) is 42.1 Å². The average molecular weight is 385 g/mol.